The third-order valence-corrected chi connectivity index (χ3v) is 10.7. The maximum absolute atomic E-state index is 11.5. The number of benzene rings is 2. The van der Waals surface area contributed by atoms with E-state index in [1.54, 1.807) is 6.07 Å². The summed E-state index contributed by atoms with van der Waals surface area (Å²) in [5.74, 6) is 0.430. The van der Waals surface area contributed by atoms with Gasteiger partial charge in [0.05, 0.1) is 25.0 Å². The van der Waals surface area contributed by atoms with Gasteiger partial charge in [0.2, 0.25) is 0 Å². The monoisotopic (exact) mass is 483 g/mol. The molecule has 0 aliphatic heterocycles. The van der Waals surface area contributed by atoms with Crippen LogP contribution >= 0.6 is 15.9 Å². The van der Waals surface area contributed by atoms with Crippen molar-refractivity contribution < 1.29 is 14.0 Å². The summed E-state index contributed by atoms with van der Waals surface area (Å²) in [4.78, 5) is 16.1. The summed E-state index contributed by atoms with van der Waals surface area (Å²) in [5.41, 5.74) is 1.12. The summed E-state index contributed by atoms with van der Waals surface area (Å²) < 4.78 is 12.7. The number of hydrogen-bond donors (Lipinski definition) is 0. The lowest BCUT2D eigenvalue weighted by Gasteiger charge is -2.43. The molecule has 0 amide bonds. The minimum Gasteiger partial charge on any atom is -0.493 e. The van der Waals surface area contributed by atoms with E-state index in [0.29, 0.717) is 21.6 Å². The molecule has 0 aliphatic rings. The van der Waals surface area contributed by atoms with Crippen LogP contribution in [0.3, 0.4) is 0 Å². The molecule has 0 bridgehead atoms. The van der Waals surface area contributed by atoms with Crippen molar-refractivity contribution in [3.05, 3.63) is 82.6 Å². The van der Waals surface area contributed by atoms with Gasteiger partial charge >= 0.3 is 0 Å². The maximum atomic E-state index is 11.5. The van der Waals surface area contributed by atoms with E-state index < -0.39 is 8.32 Å². The van der Waals surface area contributed by atoms with Crippen LogP contribution in [0.1, 0.15) is 36.8 Å². The van der Waals surface area contributed by atoms with Gasteiger partial charge in [-0.1, -0.05) is 81.4 Å². The van der Waals surface area contributed by atoms with Crippen molar-refractivity contribution in [1.82, 2.24) is 4.98 Å². The minimum atomic E-state index is -2.67. The molecule has 0 radical (unpaired) electrons. The number of nitrogens with zero attached hydrogens (tertiary/aromatic N) is 1. The van der Waals surface area contributed by atoms with Crippen molar-refractivity contribution in [2.75, 3.05) is 7.11 Å². The van der Waals surface area contributed by atoms with E-state index in [1.807, 2.05) is 12.1 Å². The Morgan fingerprint density at radius 3 is 1.97 bits per heavy atom. The molecule has 156 valence electrons. The fourth-order valence-electron chi connectivity index (χ4n) is 3.88. The first kappa shape index (κ1) is 22.4. The Balaban J connectivity index is 2.11. The lowest BCUT2D eigenvalue weighted by Crippen LogP contribution is -2.66. The quantitative estimate of drug-likeness (QED) is 0.276. The number of pyridine rings is 1. The van der Waals surface area contributed by atoms with Gasteiger partial charge in [0, 0.05) is 0 Å². The van der Waals surface area contributed by atoms with Gasteiger partial charge in [-0.15, -0.1) is 0 Å². The third-order valence-electron chi connectivity index (χ3n) is 5.20. The number of ether oxygens (including phenoxy) is 1. The average molecular weight is 484 g/mol. The molecule has 30 heavy (non-hydrogen) atoms. The highest BCUT2D eigenvalue weighted by Crippen LogP contribution is 2.37. The number of aldehydes is 1. The highest BCUT2D eigenvalue weighted by atomic mass is 79.9. The SMILES string of the molecule is COc1c(C=O)cc(CO[Si](c2ccccc2)(c2ccccc2)C(C)(C)C)nc1Br. The van der Waals surface area contributed by atoms with Crippen molar-refractivity contribution in [2.45, 2.75) is 32.4 Å². The van der Waals surface area contributed by atoms with Crippen molar-refractivity contribution in [3.63, 3.8) is 0 Å². The fraction of sp³-hybridized carbons (Fsp3) is 0.250. The van der Waals surface area contributed by atoms with Crippen molar-refractivity contribution in [2.24, 2.45) is 0 Å². The number of rotatable bonds is 7. The molecular formula is C24H26BrNO3Si. The zero-order valence-electron chi connectivity index (χ0n) is 17.7. The molecule has 0 saturated carbocycles. The van der Waals surface area contributed by atoms with Gasteiger partial charge < -0.3 is 9.16 Å². The van der Waals surface area contributed by atoms with Crippen molar-refractivity contribution in [1.29, 1.82) is 0 Å². The van der Waals surface area contributed by atoms with Crippen LogP contribution in [0.15, 0.2) is 71.3 Å². The molecule has 3 rings (SSSR count). The Kier molecular flexibility index (Phi) is 6.90. The van der Waals surface area contributed by atoms with Crippen LogP contribution < -0.4 is 15.1 Å². The molecule has 0 aliphatic carbocycles. The number of methoxy groups -OCH3 is 1. The van der Waals surface area contributed by atoms with Gasteiger partial charge in [-0.3, -0.25) is 4.79 Å². The lowest BCUT2D eigenvalue weighted by atomic mass is 10.2. The molecule has 3 aromatic rings. The summed E-state index contributed by atoms with van der Waals surface area (Å²) >= 11 is 3.41. The predicted molar refractivity (Wildman–Crippen MR) is 126 cm³/mol. The van der Waals surface area contributed by atoms with E-state index in [2.05, 4.69) is 90.2 Å². The molecular weight excluding hydrogens is 458 g/mol. The topological polar surface area (TPSA) is 48.4 Å². The predicted octanol–water partition coefficient (Wildman–Crippen LogP) is 4.74. The highest BCUT2D eigenvalue weighted by molar-refractivity contribution is 9.10. The number of aromatic nitrogens is 1. The first-order valence-electron chi connectivity index (χ1n) is 9.77. The minimum absolute atomic E-state index is 0.132. The smallest absolute Gasteiger partial charge is 0.261 e. The molecule has 0 fully saturated rings. The molecule has 1 aromatic heterocycles. The molecule has 0 spiro atoms. The Morgan fingerprint density at radius 1 is 1.00 bits per heavy atom. The highest BCUT2D eigenvalue weighted by Gasteiger charge is 2.50. The molecule has 2 aromatic carbocycles. The lowest BCUT2D eigenvalue weighted by molar-refractivity contribution is 0.112. The van der Waals surface area contributed by atoms with Crippen LogP contribution in [0.5, 0.6) is 5.75 Å². The van der Waals surface area contributed by atoms with E-state index >= 15 is 0 Å². The van der Waals surface area contributed by atoms with Crippen LogP contribution in [0.2, 0.25) is 5.04 Å². The van der Waals surface area contributed by atoms with Crippen molar-refractivity contribution in [3.8, 4) is 5.75 Å². The Bertz CT molecular complexity index is 965. The van der Waals surface area contributed by atoms with Crippen LogP contribution in [-0.4, -0.2) is 26.7 Å². The average Bonchev–Trinajstić information content (AvgIpc) is 2.74. The second-order valence-electron chi connectivity index (χ2n) is 8.10. The summed E-state index contributed by atoms with van der Waals surface area (Å²) in [6.07, 6.45) is 0.775. The molecule has 0 unspecified atom stereocenters. The molecule has 4 nitrogen and oxygen atoms in total. The van der Waals surface area contributed by atoms with Gasteiger partial charge in [0.25, 0.3) is 8.32 Å². The number of carbonyl (C=O) groups is 1. The standard InChI is InChI=1S/C24H26BrNO3Si/c1-24(2,3)30(20-11-7-5-8-12-20,21-13-9-6-10-14-21)29-17-19-15-18(16-27)22(28-4)23(25)26-19/h5-16H,17H2,1-4H3. The van der Waals surface area contributed by atoms with Crippen LogP contribution in [0, 0.1) is 0 Å². The van der Waals surface area contributed by atoms with Gasteiger partial charge in [-0.05, 0) is 37.4 Å². The zero-order valence-corrected chi connectivity index (χ0v) is 20.3. The van der Waals surface area contributed by atoms with E-state index in [-0.39, 0.29) is 11.6 Å². The number of carbonyl (C=O) groups excluding carboxylic acids is 1. The first-order valence-corrected chi connectivity index (χ1v) is 12.5. The second-order valence-corrected chi connectivity index (χ2v) is 13.2. The molecule has 1 heterocycles. The van der Waals surface area contributed by atoms with Gasteiger partial charge in [0.1, 0.15) is 4.60 Å². The summed E-state index contributed by atoms with van der Waals surface area (Å²) in [7, 11) is -1.15. The molecule has 6 heteroatoms. The van der Waals surface area contributed by atoms with Crippen LogP contribution in [-0.2, 0) is 11.0 Å². The normalized spacial score (nSPS) is 11.9. The molecule has 0 saturated heterocycles. The first-order chi connectivity index (χ1) is 14.3. The van der Waals surface area contributed by atoms with Crippen LogP contribution in [0.25, 0.3) is 0 Å². The summed E-state index contributed by atoms with van der Waals surface area (Å²) in [6, 6.07) is 22.6. The fourth-order valence-corrected chi connectivity index (χ4v) is 9.02. The van der Waals surface area contributed by atoms with Gasteiger partial charge in [-0.25, -0.2) is 4.98 Å². The maximum Gasteiger partial charge on any atom is 0.261 e. The van der Waals surface area contributed by atoms with E-state index in [1.165, 1.54) is 17.5 Å². The Morgan fingerprint density at radius 2 is 1.53 bits per heavy atom. The van der Waals surface area contributed by atoms with E-state index in [9.17, 15) is 4.79 Å². The van der Waals surface area contributed by atoms with E-state index in [4.69, 9.17) is 9.16 Å². The van der Waals surface area contributed by atoms with Crippen molar-refractivity contribution >= 4 is 40.9 Å². The number of hydrogen-bond acceptors (Lipinski definition) is 4. The zero-order chi connectivity index (χ0) is 21.8. The third kappa shape index (κ3) is 4.26. The Labute approximate surface area is 187 Å². The second kappa shape index (κ2) is 9.25. The Hall–Kier alpha value is -2.28. The van der Waals surface area contributed by atoms with Gasteiger partial charge in [0.15, 0.2) is 12.0 Å². The van der Waals surface area contributed by atoms with E-state index in [0.717, 1.165) is 6.29 Å². The summed E-state index contributed by atoms with van der Waals surface area (Å²) in [5, 5.41) is 2.27. The molecule has 0 N–H and O–H groups in total. The largest absolute Gasteiger partial charge is 0.493 e. The summed E-state index contributed by atoms with van der Waals surface area (Å²) in [6.45, 7) is 6.98. The van der Waals surface area contributed by atoms with Gasteiger partial charge in [-0.2, -0.15) is 0 Å². The number of halogens is 1. The molecule has 0 atom stereocenters. The van der Waals surface area contributed by atoms with Crippen LogP contribution in [0.4, 0.5) is 0 Å².